The first kappa shape index (κ1) is 9.77. The van der Waals surface area contributed by atoms with E-state index in [4.69, 9.17) is 0 Å². The van der Waals surface area contributed by atoms with Crippen molar-refractivity contribution < 1.29 is 8.78 Å². The number of benzene rings is 1. The Bertz CT molecular complexity index is 480. The summed E-state index contributed by atoms with van der Waals surface area (Å²) in [7, 11) is 0. The standard InChI is InChI=1S/C12H9F2N/c1-8-4-5-10(13)11(12(8)14)9-3-2-6-15-7-9/h2-7H,1H3. The van der Waals surface area contributed by atoms with E-state index in [0.717, 1.165) is 0 Å². The maximum absolute atomic E-state index is 13.7. The summed E-state index contributed by atoms with van der Waals surface area (Å²) in [6.45, 7) is 1.61. The molecule has 15 heavy (non-hydrogen) atoms. The van der Waals surface area contributed by atoms with Crippen LogP contribution in [0.25, 0.3) is 11.1 Å². The molecule has 2 rings (SSSR count). The lowest BCUT2D eigenvalue weighted by atomic mass is 10.0. The first-order valence-corrected chi connectivity index (χ1v) is 4.55. The number of hydrogen-bond donors (Lipinski definition) is 0. The smallest absolute Gasteiger partial charge is 0.136 e. The third kappa shape index (κ3) is 1.73. The first-order valence-electron chi connectivity index (χ1n) is 4.55. The molecule has 1 aromatic carbocycles. The fourth-order valence-electron chi connectivity index (χ4n) is 1.43. The van der Waals surface area contributed by atoms with Crippen LogP contribution in [0.4, 0.5) is 8.78 Å². The molecular weight excluding hydrogens is 196 g/mol. The number of aryl methyl sites for hydroxylation is 1. The van der Waals surface area contributed by atoms with Gasteiger partial charge in [0.15, 0.2) is 0 Å². The minimum atomic E-state index is -0.564. The topological polar surface area (TPSA) is 12.9 Å². The van der Waals surface area contributed by atoms with Crippen LogP contribution in [0.2, 0.25) is 0 Å². The molecule has 0 amide bonds. The predicted octanol–water partition coefficient (Wildman–Crippen LogP) is 3.34. The van der Waals surface area contributed by atoms with Gasteiger partial charge in [-0.25, -0.2) is 8.78 Å². The normalized spacial score (nSPS) is 10.3. The van der Waals surface area contributed by atoms with Gasteiger partial charge in [0.25, 0.3) is 0 Å². The first-order chi connectivity index (χ1) is 7.20. The SMILES string of the molecule is Cc1ccc(F)c(-c2cccnc2)c1F. The third-order valence-corrected chi connectivity index (χ3v) is 2.23. The Labute approximate surface area is 86.4 Å². The number of halogens is 2. The highest BCUT2D eigenvalue weighted by Crippen LogP contribution is 2.26. The molecule has 0 aliphatic heterocycles. The second-order valence-corrected chi connectivity index (χ2v) is 3.29. The molecule has 0 radical (unpaired) electrons. The highest BCUT2D eigenvalue weighted by molar-refractivity contribution is 5.64. The summed E-state index contributed by atoms with van der Waals surface area (Å²) in [5, 5.41) is 0. The average Bonchev–Trinajstić information content (AvgIpc) is 2.26. The summed E-state index contributed by atoms with van der Waals surface area (Å²) >= 11 is 0. The summed E-state index contributed by atoms with van der Waals surface area (Å²) < 4.78 is 27.1. The van der Waals surface area contributed by atoms with Gasteiger partial charge in [-0.1, -0.05) is 12.1 Å². The van der Waals surface area contributed by atoms with Gasteiger partial charge in [-0.2, -0.15) is 0 Å². The molecule has 0 fully saturated rings. The van der Waals surface area contributed by atoms with Crippen molar-refractivity contribution in [1.82, 2.24) is 4.98 Å². The molecule has 0 atom stereocenters. The maximum atomic E-state index is 13.7. The van der Waals surface area contributed by atoms with Crippen molar-refractivity contribution in [2.45, 2.75) is 6.92 Å². The minimum absolute atomic E-state index is 0.0110. The van der Waals surface area contributed by atoms with Crippen LogP contribution in [0.15, 0.2) is 36.7 Å². The molecule has 0 saturated heterocycles. The van der Waals surface area contributed by atoms with E-state index in [0.29, 0.717) is 11.1 Å². The zero-order chi connectivity index (χ0) is 10.8. The molecule has 76 valence electrons. The lowest BCUT2D eigenvalue weighted by Gasteiger charge is -2.06. The molecule has 0 spiro atoms. The Balaban J connectivity index is 2.68. The van der Waals surface area contributed by atoms with Gasteiger partial charge < -0.3 is 0 Å². The Hall–Kier alpha value is -1.77. The molecule has 1 nitrogen and oxygen atoms in total. The van der Waals surface area contributed by atoms with Gasteiger partial charge in [0.1, 0.15) is 11.6 Å². The van der Waals surface area contributed by atoms with Gasteiger partial charge in [-0.05, 0) is 24.6 Å². The Morgan fingerprint density at radius 2 is 1.93 bits per heavy atom. The van der Waals surface area contributed by atoms with Crippen LogP contribution < -0.4 is 0 Å². The molecule has 0 N–H and O–H groups in total. The maximum Gasteiger partial charge on any atom is 0.136 e. The highest BCUT2D eigenvalue weighted by Gasteiger charge is 2.12. The number of nitrogens with zero attached hydrogens (tertiary/aromatic N) is 1. The third-order valence-electron chi connectivity index (χ3n) is 2.23. The summed E-state index contributed by atoms with van der Waals surface area (Å²) in [5.74, 6) is -1.09. The Kier molecular flexibility index (Phi) is 2.46. The molecule has 0 unspecified atom stereocenters. The van der Waals surface area contributed by atoms with Crippen molar-refractivity contribution in [3.05, 3.63) is 53.9 Å². The molecule has 0 saturated carbocycles. The Morgan fingerprint density at radius 1 is 1.13 bits per heavy atom. The number of pyridine rings is 1. The van der Waals surface area contributed by atoms with Crippen LogP contribution in [0, 0.1) is 18.6 Å². The van der Waals surface area contributed by atoms with E-state index in [1.54, 1.807) is 25.3 Å². The van der Waals surface area contributed by atoms with Gasteiger partial charge in [0.05, 0.1) is 5.56 Å². The lowest BCUT2D eigenvalue weighted by Crippen LogP contribution is -1.93. The summed E-state index contributed by atoms with van der Waals surface area (Å²) in [6.07, 6.45) is 3.01. The van der Waals surface area contributed by atoms with E-state index in [1.807, 2.05) is 0 Å². The molecule has 0 aliphatic carbocycles. The van der Waals surface area contributed by atoms with Crippen molar-refractivity contribution in [3.63, 3.8) is 0 Å². The van der Waals surface area contributed by atoms with Gasteiger partial charge >= 0.3 is 0 Å². The van der Waals surface area contributed by atoms with Gasteiger partial charge in [-0.15, -0.1) is 0 Å². The summed E-state index contributed by atoms with van der Waals surface area (Å²) in [6, 6.07) is 5.97. The second kappa shape index (κ2) is 3.77. The van der Waals surface area contributed by atoms with E-state index < -0.39 is 11.6 Å². The van der Waals surface area contributed by atoms with Crippen LogP contribution in [0.1, 0.15) is 5.56 Å². The van der Waals surface area contributed by atoms with E-state index in [9.17, 15) is 8.78 Å². The van der Waals surface area contributed by atoms with E-state index in [1.165, 1.54) is 18.3 Å². The minimum Gasteiger partial charge on any atom is -0.264 e. The molecule has 1 aromatic heterocycles. The fraction of sp³-hybridized carbons (Fsp3) is 0.0833. The van der Waals surface area contributed by atoms with E-state index >= 15 is 0 Å². The highest BCUT2D eigenvalue weighted by atomic mass is 19.1. The van der Waals surface area contributed by atoms with E-state index in [2.05, 4.69) is 4.98 Å². The zero-order valence-corrected chi connectivity index (χ0v) is 8.17. The summed E-state index contributed by atoms with van der Waals surface area (Å²) in [4.78, 5) is 3.84. The number of hydrogen-bond acceptors (Lipinski definition) is 1. The van der Waals surface area contributed by atoms with Crippen LogP contribution in [-0.2, 0) is 0 Å². The molecule has 3 heteroatoms. The summed E-state index contributed by atoms with van der Waals surface area (Å²) in [5.41, 5.74) is 0.870. The van der Waals surface area contributed by atoms with Crippen molar-refractivity contribution in [1.29, 1.82) is 0 Å². The molecule has 1 heterocycles. The fourth-order valence-corrected chi connectivity index (χ4v) is 1.43. The Morgan fingerprint density at radius 3 is 2.60 bits per heavy atom. The average molecular weight is 205 g/mol. The van der Waals surface area contributed by atoms with Gasteiger partial charge in [0.2, 0.25) is 0 Å². The van der Waals surface area contributed by atoms with Crippen LogP contribution in [-0.4, -0.2) is 4.98 Å². The van der Waals surface area contributed by atoms with Crippen molar-refractivity contribution >= 4 is 0 Å². The molecule has 0 aliphatic rings. The van der Waals surface area contributed by atoms with Crippen LogP contribution in [0.5, 0.6) is 0 Å². The largest absolute Gasteiger partial charge is 0.264 e. The number of aromatic nitrogens is 1. The molecule has 0 bridgehead atoms. The number of rotatable bonds is 1. The van der Waals surface area contributed by atoms with Gasteiger partial charge in [0, 0.05) is 18.0 Å². The monoisotopic (exact) mass is 205 g/mol. The van der Waals surface area contributed by atoms with Gasteiger partial charge in [-0.3, -0.25) is 4.98 Å². The zero-order valence-electron chi connectivity index (χ0n) is 8.17. The van der Waals surface area contributed by atoms with Crippen molar-refractivity contribution in [3.8, 4) is 11.1 Å². The lowest BCUT2D eigenvalue weighted by molar-refractivity contribution is 0.583. The molecular formula is C12H9F2N. The molecule has 2 aromatic rings. The van der Waals surface area contributed by atoms with Crippen LogP contribution in [0.3, 0.4) is 0 Å². The predicted molar refractivity (Wildman–Crippen MR) is 54.3 cm³/mol. The van der Waals surface area contributed by atoms with E-state index in [-0.39, 0.29) is 5.56 Å². The van der Waals surface area contributed by atoms with Crippen molar-refractivity contribution in [2.75, 3.05) is 0 Å². The quantitative estimate of drug-likeness (QED) is 0.695. The second-order valence-electron chi connectivity index (χ2n) is 3.29. The van der Waals surface area contributed by atoms with Crippen LogP contribution >= 0.6 is 0 Å². The van der Waals surface area contributed by atoms with Crippen molar-refractivity contribution in [2.24, 2.45) is 0 Å².